The summed E-state index contributed by atoms with van der Waals surface area (Å²) in [5, 5.41) is 0. The van der Waals surface area contributed by atoms with E-state index in [0.29, 0.717) is 16.9 Å². The van der Waals surface area contributed by atoms with Gasteiger partial charge in [0.15, 0.2) is 5.78 Å². The van der Waals surface area contributed by atoms with Crippen molar-refractivity contribution in [3.8, 4) is 5.75 Å². The highest BCUT2D eigenvalue weighted by Gasteiger charge is 2.11. The molecule has 0 saturated heterocycles. The van der Waals surface area contributed by atoms with Crippen LogP contribution in [0.3, 0.4) is 0 Å². The molecule has 0 bridgehead atoms. The fourth-order valence-electron chi connectivity index (χ4n) is 2.65. The van der Waals surface area contributed by atoms with E-state index in [0.717, 1.165) is 16.7 Å². The number of carbonyl (C=O) groups excluding carboxylic acids is 2. The van der Waals surface area contributed by atoms with Crippen LogP contribution in [0.4, 0.5) is 0 Å². The molecular formula is C24H20O3. The summed E-state index contributed by atoms with van der Waals surface area (Å²) in [6.07, 6.45) is 3.11. The molecule has 0 amide bonds. The lowest BCUT2D eigenvalue weighted by atomic mass is 10.0. The third kappa shape index (κ3) is 4.79. The van der Waals surface area contributed by atoms with Crippen LogP contribution in [0.25, 0.3) is 6.08 Å². The Hall–Kier alpha value is -3.46. The fraction of sp³-hybridized carbons (Fsp3) is 0.0833. The summed E-state index contributed by atoms with van der Waals surface area (Å²) in [4.78, 5) is 24.6. The molecule has 0 saturated carbocycles. The summed E-state index contributed by atoms with van der Waals surface area (Å²) >= 11 is 0. The van der Waals surface area contributed by atoms with Crippen LogP contribution in [0.15, 0.2) is 78.9 Å². The van der Waals surface area contributed by atoms with Gasteiger partial charge in [-0.15, -0.1) is 0 Å². The van der Waals surface area contributed by atoms with Crippen LogP contribution in [-0.4, -0.2) is 11.8 Å². The number of aryl methyl sites for hydroxylation is 2. The zero-order valence-electron chi connectivity index (χ0n) is 15.3. The second-order valence-corrected chi connectivity index (χ2v) is 6.34. The lowest BCUT2D eigenvalue weighted by Crippen LogP contribution is -2.06. The number of carbonyl (C=O) groups is 2. The van der Waals surface area contributed by atoms with Gasteiger partial charge >= 0.3 is 5.97 Å². The minimum atomic E-state index is -0.458. The smallest absolute Gasteiger partial charge is 0.336 e. The van der Waals surface area contributed by atoms with Crippen molar-refractivity contribution in [2.24, 2.45) is 0 Å². The molecule has 3 aromatic carbocycles. The zero-order valence-corrected chi connectivity index (χ0v) is 15.3. The Morgan fingerprint density at radius 3 is 2.19 bits per heavy atom. The second-order valence-electron chi connectivity index (χ2n) is 6.34. The van der Waals surface area contributed by atoms with E-state index in [4.69, 9.17) is 4.74 Å². The van der Waals surface area contributed by atoms with E-state index in [-0.39, 0.29) is 5.78 Å². The van der Waals surface area contributed by atoms with Crippen LogP contribution in [-0.2, 0) is 4.79 Å². The maximum absolute atomic E-state index is 12.5. The van der Waals surface area contributed by atoms with Crippen LogP contribution in [0.5, 0.6) is 5.75 Å². The van der Waals surface area contributed by atoms with Crippen molar-refractivity contribution < 1.29 is 14.3 Å². The topological polar surface area (TPSA) is 43.4 Å². The largest absolute Gasteiger partial charge is 0.423 e. The number of esters is 1. The summed E-state index contributed by atoms with van der Waals surface area (Å²) in [5.74, 6) is -0.0742. The molecule has 0 aromatic heterocycles. The highest BCUT2D eigenvalue weighted by Crippen LogP contribution is 2.21. The third-order valence-corrected chi connectivity index (χ3v) is 4.17. The first-order valence-electron chi connectivity index (χ1n) is 8.70. The van der Waals surface area contributed by atoms with Crippen LogP contribution in [0, 0.1) is 13.8 Å². The van der Waals surface area contributed by atoms with Gasteiger partial charge in [-0.2, -0.15) is 0 Å². The minimum Gasteiger partial charge on any atom is -0.423 e. The standard InChI is InChI=1S/C24H20O3/c1-17-8-10-19(11-9-17)12-15-23(25)27-22-14-13-21(16-18(22)2)24(26)20-6-4-3-5-7-20/h3-16H,1-2H3/b15-12+. The van der Waals surface area contributed by atoms with Gasteiger partial charge in [0.2, 0.25) is 0 Å². The number of benzene rings is 3. The molecule has 0 atom stereocenters. The molecule has 134 valence electrons. The van der Waals surface area contributed by atoms with Crippen molar-refractivity contribution in [2.45, 2.75) is 13.8 Å². The van der Waals surface area contributed by atoms with Crippen molar-refractivity contribution in [3.05, 3.63) is 107 Å². The molecule has 3 heteroatoms. The van der Waals surface area contributed by atoms with Crippen molar-refractivity contribution in [1.29, 1.82) is 0 Å². The van der Waals surface area contributed by atoms with Crippen molar-refractivity contribution >= 4 is 17.8 Å². The van der Waals surface area contributed by atoms with E-state index in [1.165, 1.54) is 6.08 Å². The molecule has 27 heavy (non-hydrogen) atoms. The van der Waals surface area contributed by atoms with E-state index in [2.05, 4.69) is 0 Å². The maximum Gasteiger partial charge on any atom is 0.336 e. The normalized spacial score (nSPS) is 10.7. The lowest BCUT2D eigenvalue weighted by molar-refractivity contribution is -0.128. The van der Waals surface area contributed by atoms with Gasteiger partial charge in [0, 0.05) is 17.2 Å². The van der Waals surface area contributed by atoms with Gasteiger partial charge < -0.3 is 4.74 Å². The number of rotatable bonds is 5. The number of hydrogen-bond acceptors (Lipinski definition) is 3. The molecule has 0 radical (unpaired) electrons. The summed E-state index contributed by atoms with van der Waals surface area (Å²) in [5.41, 5.74) is 4.01. The molecule has 3 nitrogen and oxygen atoms in total. The maximum atomic E-state index is 12.5. The van der Waals surface area contributed by atoms with E-state index < -0.39 is 5.97 Å². The summed E-state index contributed by atoms with van der Waals surface area (Å²) < 4.78 is 5.39. The highest BCUT2D eigenvalue weighted by molar-refractivity contribution is 6.09. The molecule has 3 rings (SSSR count). The average Bonchev–Trinajstić information content (AvgIpc) is 2.69. The van der Waals surface area contributed by atoms with E-state index >= 15 is 0 Å². The average molecular weight is 356 g/mol. The van der Waals surface area contributed by atoms with Crippen LogP contribution >= 0.6 is 0 Å². The Morgan fingerprint density at radius 2 is 1.52 bits per heavy atom. The summed E-state index contributed by atoms with van der Waals surface area (Å²) in [6.45, 7) is 3.82. The SMILES string of the molecule is Cc1ccc(/C=C/C(=O)Oc2ccc(C(=O)c3ccccc3)cc2C)cc1. The zero-order chi connectivity index (χ0) is 19.2. The first-order valence-corrected chi connectivity index (χ1v) is 8.70. The Bertz CT molecular complexity index is 984. The second kappa shape index (κ2) is 8.28. The number of ketones is 1. The van der Waals surface area contributed by atoms with Crippen molar-refractivity contribution in [2.75, 3.05) is 0 Å². The van der Waals surface area contributed by atoms with Gasteiger partial charge in [-0.3, -0.25) is 4.79 Å². The van der Waals surface area contributed by atoms with Gasteiger partial charge in [0.1, 0.15) is 5.75 Å². The molecule has 0 aliphatic rings. The molecule has 0 heterocycles. The Morgan fingerprint density at radius 1 is 0.815 bits per heavy atom. The predicted molar refractivity (Wildman–Crippen MR) is 107 cm³/mol. The van der Waals surface area contributed by atoms with Gasteiger partial charge in [-0.25, -0.2) is 4.79 Å². The van der Waals surface area contributed by atoms with Gasteiger partial charge in [0.05, 0.1) is 0 Å². The Kier molecular flexibility index (Phi) is 5.62. The molecule has 0 spiro atoms. The molecular weight excluding hydrogens is 336 g/mol. The van der Waals surface area contributed by atoms with Crippen LogP contribution in [0.1, 0.15) is 32.6 Å². The predicted octanol–water partition coefficient (Wildman–Crippen LogP) is 5.15. The Labute approximate surface area is 158 Å². The molecule has 0 N–H and O–H groups in total. The van der Waals surface area contributed by atoms with E-state index in [1.807, 2.05) is 56.3 Å². The monoisotopic (exact) mass is 356 g/mol. The summed E-state index contributed by atoms with van der Waals surface area (Å²) in [6, 6.07) is 22.0. The third-order valence-electron chi connectivity index (χ3n) is 4.17. The van der Waals surface area contributed by atoms with Gasteiger partial charge in [-0.05, 0) is 49.2 Å². The fourth-order valence-corrected chi connectivity index (χ4v) is 2.65. The first-order chi connectivity index (χ1) is 13.0. The van der Waals surface area contributed by atoms with Crippen molar-refractivity contribution in [1.82, 2.24) is 0 Å². The van der Waals surface area contributed by atoms with Crippen LogP contribution in [0.2, 0.25) is 0 Å². The molecule has 3 aromatic rings. The van der Waals surface area contributed by atoms with E-state index in [9.17, 15) is 9.59 Å². The van der Waals surface area contributed by atoms with Crippen LogP contribution < -0.4 is 4.74 Å². The highest BCUT2D eigenvalue weighted by atomic mass is 16.5. The van der Waals surface area contributed by atoms with E-state index in [1.54, 1.807) is 36.4 Å². The first kappa shape index (κ1) is 18.3. The number of ether oxygens (including phenoxy) is 1. The summed E-state index contributed by atoms with van der Waals surface area (Å²) in [7, 11) is 0. The van der Waals surface area contributed by atoms with Gasteiger partial charge in [0.25, 0.3) is 0 Å². The number of hydrogen-bond donors (Lipinski definition) is 0. The molecule has 0 fully saturated rings. The minimum absolute atomic E-state index is 0.0594. The quantitative estimate of drug-likeness (QED) is 0.275. The van der Waals surface area contributed by atoms with Gasteiger partial charge in [-0.1, -0.05) is 60.2 Å². The molecule has 0 aliphatic heterocycles. The molecule has 0 unspecified atom stereocenters. The molecule has 0 aliphatic carbocycles. The Balaban J connectivity index is 1.69. The lowest BCUT2D eigenvalue weighted by Gasteiger charge is -2.08. The van der Waals surface area contributed by atoms with Crippen molar-refractivity contribution in [3.63, 3.8) is 0 Å².